The van der Waals surface area contributed by atoms with E-state index < -0.39 is 0 Å². The number of rotatable bonds is 3. The van der Waals surface area contributed by atoms with Crippen LogP contribution in [-0.4, -0.2) is 22.2 Å². The summed E-state index contributed by atoms with van der Waals surface area (Å²) in [4.78, 5) is 12.4. The zero-order chi connectivity index (χ0) is 14.8. The van der Waals surface area contributed by atoms with Crippen LogP contribution in [-0.2, 0) is 13.0 Å². The quantitative estimate of drug-likeness (QED) is 0.911. The summed E-state index contributed by atoms with van der Waals surface area (Å²) in [6.45, 7) is 5.58. The van der Waals surface area contributed by atoms with E-state index in [-0.39, 0.29) is 5.91 Å². The third-order valence-corrected chi connectivity index (χ3v) is 3.74. The highest BCUT2D eigenvalue weighted by atomic mass is 16.2. The zero-order valence-electron chi connectivity index (χ0n) is 12.4. The van der Waals surface area contributed by atoms with Crippen molar-refractivity contribution in [1.82, 2.24) is 9.78 Å². The number of anilines is 2. The minimum Gasteiger partial charge on any atom is -0.385 e. The summed E-state index contributed by atoms with van der Waals surface area (Å²) in [5.41, 5.74) is 4.74. The van der Waals surface area contributed by atoms with Crippen LogP contribution in [0.25, 0.3) is 0 Å². The molecule has 0 fully saturated rings. The van der Waals surface area contributed by atoms with Gasteiger partial charge in [-0.3, -0.25) is 9.48 Å². The standard InChI is InChI=1S/C16H20N4O/c1-3-20-15(9-11(2)19-20)16(21)18-13-6-7-14-12(10-13)5-4-8-17-14/h6-7,9-10,17H,3-5,8H2,1-2H3,(H,18,21). The van der Waals surface area contributed by atoms with Crippen LogP contribution < -0.4 is 10.6 Å². The van der Waals surface area contributed by atoms with Crippen molar-refractivity contribution < 1.29 is 4.79 Å². The maximum Gasteiger partial charge on any atom is 0.273 e. The van der Waals surface area contributed by atoms with E-state index in [1.54, 1.807) is 4.68 Å². The number of carbonyl (C=O) groups is 1. The van der Waals surface area contributed by atoms with Gasteiger partial charge < -0.3 is 10.6 Å². The van der Waals surface area contributed by atoms with Gasteiger partial charge >= 0.3 is 0 Å². The molecule has 0 aliphatic carbocycles. The molecule has 1 aromatic carbocycles. The maximum absolute atomic E-state index is 12.4. The van der Waals surface area contributed by atoms with E-state index >= 15 is 0 Å². The van der Waals surface area contributed by atoms with Crippen LogP contribution in [0.4, 0.5) is 11.4 Å². The SMILES string of the molecule is CCn1nc(C)cc1C(=O)Nc1ccc2c(c1)CCCN2. The molecule has 5 heteroatoms. The number of aryl methyl sites for hydroxylation is 3. The molecule has 0 spiro atoms. The van der Waals surface area contributed by atoms with Gasteiger partial charge in [-0.2, -0.15) is 5.10 Å². The van der Waals surface area contributed by atoms with Crippen molar-refractivity contribution >= 4 is 17.3 Å². The minimum absolute atomic E-state index is 0.110. The first-order valence-corrected chi connectivity index (χ1v) is 7.40. The van der Waals surface area contributed by atoms with Gasteiger partial charge in [0.2, 0.25) is 0 Å². The molecular weight excluding hydrogens is 264 g/mol. The van der Waals surface area contributed by atoms with Crippen LogP contribution in [0.2, 0.25) is 0 Å². The van der Waals surface area contributed by atoms with E-state index in [1.165, 1.54) is 11.3 Å². The lowest BCUT2D eigenvalue weighted by atomic mass is 10.0. The lowest BCUT2D eigenvalue weighted by molar-refractivity contribution is 0.101. The Morgan fingerprint density at radius 2 is 2.29 bits per heavy atom. The first-order chi connectivity index (χ1) is 10.2. The number of nitrogens with one attached hydrogen (secondary N) is 2. The summed E-state index contributed by atoms with van der Waals surface area (Å²) < 4.78 is 1.73. The lowest BCUT2D eigenvalue weighted by Crippen LogP contribution is -2.18. The van der Waals surface area contributed by atoms with Crippen molar-refractivity contribution in [3.63, 3.8) is 0 Å². The molecule has 0 radical (unpaired) electrons. The number of fused-ring (bicyclic) bond motifs is 1. The number of nitrogens with zero attached hydrogens (tertiary/aromatic N) is 2. The molecule has 1 amide bonds. The van der Waals surface area contributed by atoms with Crippen LogP contribution >= 0.6 is 0 Å². The molecule has 1 aromatic heterocycles. The molecule has 3 rings (SSSR count). The van der Waals surface area contributed by atoms with E-state index in [0.717, 1.165) is 30.8 Å². The first kappa shape index (κ1) is 13.7. The highest BCUT2D eigenvalue weighted by Gasteiger charge is 2.14. The van der Waals surface area contributed by atoms with Crippen molar-refractivity contribution in [3.8, 4) is 0 Å². The Labute approximate surface area is 124 Å². The van der Waals surface area contributed by atoms with Crippen LogP contribution in [0.5, 0.6) is 0 Å². The highest BCUT2D eigenvalue weighted by Crippen LogP contribution is 2.25. The Balaban J connectivity index is 1.81. The minimum atomic E-state index is -0.110. The van der Waals surface area contributed by atoms with Crippen molar-refractivity contribution in [1.29, 1.82) is 0 Å². The van der Waals surface area contributed by atoms with Gasteiger partial charge in [-0.1, -0.05) is 0 Å². The van der Waals surface area contributed by atoms with Gasteiger partial charge in [0.15, 0.2) is 0 Å². The maximum atomic E-state index is 12.4. The summed E-state index contributed by atoms with van der Waals surface area (Å²) in [5, 5.41) is 10.6. The lowest BCUT2D eigenvalue weighted by Gasteiger charge is -2.18. The Morgan fingerprint density at radius 1 is 1.43 bits per heavy atom. The van der Waals surface area contributed by atoms with Gasteiger partial charge in [0.1, 0.15) is 5.69 Å². The number of carbonyl (C=O) groups excluding carboxylic acids is 1. The summed E-state index contributed by atoms with van der Waals surface area (Å²) in [6.07, 6.45) is 2.18. The van der Waals surface area contributed by atoms with Crippen LogP contribution in [0, 0.1) is 6.92 Å². The summed E-state index contributed by atoms with van der Waals surface area (Å²) in [5.74, 6) is -0.110. The predicted octanol–water partition coefficient (Wildman–Crippen LogP) is 2.82. The monoisotopic (exact) mass is 284 g/mol. The molecule has 110 valence electrons. The molecule has 0 bridgehead atoms. The first-order valence-electron chi connectivity index (χ1n) is 7.40. The van der Waals surface area contributed by atoms with E-state index in [4.69, 9.17) is 0 Å². The Kier molecular flexibility index (Phi) is 3.64. The molecule has 2 N–H and O–H groups in total. The number of hydrogen-bond donors (Lipinski definition) is 2. The molecule has 1 aliphatic rings. The Hall–Kier alpha value is -2.30. The van der Waals surface area contributed by atoms with Crippen LogP contribution in [0.1, 0.15) is 35.1 Å². The van der Waals surface area contributed by atoms with E-state index in [9.17, 15) is 4.79 Å². The fourth-order valence-electron chi connectivity index (χ4n) is 2.72. The van der Waals surface area contributed by atoms with Crippen LogP contribution in [0.15, 0.2) is 24.3 Å². The number of amides is 1. The van der Waals surface area contributed by atoms with Crippen molar-refractivity contribution in [2.75, 3.05) is 17.2 Å². The summed E-state index contributed by atoms with van der Waals surface area (Å²) in [6, 6.07) is 7.85. The third kappa shape index (κ3) is 2.77. The molecular formula is C16H20N4O. The van der Waals surface area contributed by atoms with Gasteiger partial charge in [-0.05, 0) is 56.5 Å². The van der Waals surface area contributed by atoms with Crippen molar-refractivity contribution in [2.45, 2.75) is 33.2 Å². The highest BCUT2D eigenvalue weighted by molar-refractivity contribution is 6.03. The van der Waals surface area contributed by atoms with Gasteiger partial charge in [0, 0.05) is 24.5 Å². The van der Waals surface area contributed by atoms with Crippen molar-refractivity contribution in [3.05, 3.63) is 41.2 Å². The van der Waals surface area contributed by atoms with Crippen LogP contribution in [0.3, 0.4) is 0 Å². The second kappa shape index (κ2) is 5.60. The molecule has 0 saturated carbocycles. The normalized spacial score (nSPS) is 13.4. The molecule has 2 aromatic rings. The smallest absolute Gasteiger partial charge is 0.273 e. The molecule has 0 unspecified atom stereocenters. The predicted molar refractivity (Wildman–Crippen MR) is 83.8 cm³/mol. The zero-order valence-corrected chi connectivity index (χ0v) is 12.4. The van der Waals surface area contributed by atoms with Crippen molar-refractivity contribution in [2.24, 2.45) is 0 Å². The molecule has 1 aliphatic heterocycles. The number of hydrogen-bond acceptors (Lipinski definition) is 3. The third-order valence-electron chi connectivity index (χ3n) is 3.74. The van der Waals surface area contributed by atoms with Gasteiger partial charge in [-0.25, -0.2) is 0 Å². The molecule has 0 saturated heterocycles. The average Bonchev–Trinajstić information content (AvgIpc) is 2.88. The molecule has 2 heterocycles. The van der Waals surface area contributed by atoms with Gasteiger partial charge in [0.25, 0.3) is 5.91 Å². The molecule has 0 atom stereocenters. The van der Waals surface area contributed by atoms with E-state index in [1.807, 2.05) is 32.0 Å². The molecule has 5 nitrogen and oxygen atoms in total. The summed E-state index contributed by atoms with van der Waals surface area (Å²) >= 11 is 0. The van der Waals surface area contributed by atoms with Gasteiger partial charge in [-0.15, -0.1) is 0 Å². The number of benzene rings is 1. The second-order valence-corrected chi connectivity index (χ2v) is 5.34. The largest absolute Gasteiger partial charge is 0.385 e. The fourth-order valence-corrected chi connectivity index (χ4v) is 2.72. The van der Waals surface area contributed by atoms with Gasteiger partial charge in [0.05, 0.1) is 5.69 Å². The van der Waals surface area contributed by atoms with E-state index in [0.29, 0.717) is 12.2 Å². The molecule has 21 heavy (non-hydrogen) atoms. The fraction of sp³-hybridized carbons (Fsp3) is 0.375. The summed E-state index contributed by atoms with van der Waals surface area (Å²) in [7, 11) is 0. The topological polar surface area (TPSA) is 59.0 Å². The van der Waals surface area contributed by atoms with E-state index in [2.05, 4.69) is 21.8 Å². The Bertz CT molecular complexity index is 675. The Morgan fingerprint density at radius 3 is 3.10 bits per heavy atom. The average molecular weight is 284 g/mol. The second-order valence-electron chi connectivity index (χ2n) is 5.34. The number of aromatic nitrogens is 2.